The summed E-state index contributed by atoms with van der Waals surface area (Å²) >= 11 is 0. The molecule has 0 unspecified atom stereocenters. The Kier molecular flexibility index (Phi) is 4.83. The number of hydrogen-bond acceptors (Lipinski definition) is 6. The van der Waals surface area contributed by atoms with Crippen LogP contribution in [0.5, 0.6) is 5.75 Å². The Balaban J connectivity index is 1.78. The molecule has 0 saturated carbocycles. The van der Waals surface area contributed by atoms with Crippen LogP contribution in [-0.4, -0.2) is 47.0 Å². The number of anilines is 1. The van der Waals surface area contributed by atoms with E-state index in [9.17, 15) is 9.59 Å². The molecule has 1 saturated heterocycles. The Morgan fingerprint density at radius 2 is 2.00 bits per heavy atom. The summed E-state index contributed by atoms with van der Waals surface area (Å²) in [5.74, 6) is -0.251. The van der Waals surface area contributed by atoms with Crippen LogP contribution in [0, 0.1) is 12.8 Å². The van der Waals surface area contributed by atoms with Crippen molar-refractivity contribution in [2.45, 2.75) is 26.2 Å². The monoisotopic (exact) mass is 343 g/mol. The second kappa shape index (κ2) is 7.04. The maximum atomic E-state index is 11.4. The van der Waals surface area contributed by atoms with Gasteiger partial charge in [0, 0.05) is 31.0 Å². The zero-order valence-corrected chi connectivity index (χ0v) is 14.4. The van der Waals surface area contributed by atoms with Gasteiger partial charge in [0.25, 0.3) is 0 Å². The summed E-state index contributed by atoms with van der Waals surface area (Å²) in [4.78, 5) is 33.1. The van der Waals surface area contributed by atoms with E-state index in [0.717, 1.165) is 54.0 Å². The largest absolute Gasteiger partial charge is 0.496 e. The van der Waals surface area contributed by atoms with Gasteiger partial charge in [0.15, 0.2) is 0 Å². The molecule has 7 nitrogen and oxygen atoms in total. The number of carbonyl (C=O) groups is 2. The van der Waals surface area contributed by atoms with E-state index in [1.54, 1.807) is 13.4 Å². The molecule has 2 heterocycles. The number of ketones is 1. The molecule has 3 rings (SSSR count). The number of benzene rings is 1. The lowest BCUT2D eigenvalue weighted by Gasteiger charge is -2.33. The van der Waals surface area contributed by atoms with E-state index in [0.29, 0.717) is 0 Å². The van der Waals surface area contributed by atoms with Gasteiger partial charge >= 0.3 is 5.97 Å². The van der Waals surface area contributed by atoms with E-state index in [1.165, 1.54) is 0 Å². The highest BCUT2D eigenvalue weighted by Gasteiger charge is 2.25. The number of carboxylic acid groups (broad SMARTS) is 1. The first kappa shape index (κ1) is 17.1. The quantitative estimate of drug-likeness (QED) is 0.832. The van der Waals surface area contributed by atoms with Crippen molar-refractivity contribution in [1.29, 1.82) is 0 Å². The van der Waals surface area contributed by atoms with E-state index in [4.69, 9.17) is 9.84 Å². The highest BCUT2D eigenvalue weighted by Crippen LogP contribution is 2.32. The molecule has 132 valence electrons. The van der Waals surface area contributed by atoms with Crippen LogP contribution in [-0.2, 0) is 9.59 Å². The number of hydrogen-bond donors (Lipinski definition) is 1. The highest BCUT2D eigenvalue weighted by molar-refractivity contribution is 6.32. The molecule has 1 N–H and O–H groups in total. The van der Waals surface area contributed by atoms with Crippen molar-refractivity contribution in [2.75, 3.05) is 25.1 Å². The molecule has 0 aliphatic carbocycles. The standard InChI is InChI=1S/C18H21N3O4/c1-11-7-13-14(9-16(11)25-2)19-10-20-17(13)21-5-3-12(4-6-21)8-15(22)18(23)24/h7,9-10,12H,3-6,8H2,1-2H3,(H,23,24). The Morgan fingerprint density at radius 3 is 2.64 bits per heavy atom. The average molecular weight is 343 g/mol. The van der Waals surface area contributed by atoms with Crippen molar-refractivity contribution in [3.8, 4) is 5.75 Å². The van der Waals surface area contributed by atoms with Gasteiger partial charge < -0.3 is 14.7 Å². The summed E-state index contributed by atoms with van der Waals surface area (Å²) in [6, 6.07) is 3.94. The molecule has 0 amide bonds. The molecule has 25 heavy (non-hydrogen) atoms. The number of piperidine rings is 1. The number of carboxylic acids is 1. The van der Waals surface area contributed by atoms with E-state index in [1.807, 2.05) is 19.1 Å². The van der Waals surface area contributed by atoms with E-state index < -0.39 is 11.8 Å². The van der Waals surface area contributed by atoms with E-state index >= 15 is 0 Å². The molecule has 1 aromatic heterocycles. The Hall–Kier alpha value is -2.70. The number of fused-ring (bicyclic) bond motifs is 1. The molecule has 1 aromatic carbocycles. The molecular formula is C18H21N3O4. The number of carbonyl (C=O) groups excluding carboxylic acids is 1. The lowest BCUT2D eigenvalue weighted by Crippen LogP contribution is -2.35. The van der Waals surface area contributed by atoms with Crippen LogP contribution >= 0.6 is 0 Å². The number of aliphatic carboxylic acids is 1. The number of aryl methyl sites for hydroxylation is 1. The van der Waals surface area contributed by atoms with Gasteiger partial charge in [0.1, 0.15) is 17.9 Å². The minimum atomic E-state index is -1.34. The number of ether oxygens (including phenoxy) is 1. The van der Waals surface area contributed by atoms with Crippen LogP contribution in [0.3, 0.4) is 0 Å². The normalized spacial score (nSPS) is 15.4. The zero-order chi connectivity index (χ0) is 18.0. The first-order valence-corrected chi connectivity index (χ1v) is 8.30. The Labute approximate surface area is 145 Å². The van der Waals surface area contributed by atoms with Gasteiger partial charge in [-0.1, -0.05) is 0 Å². The summed E-state index contributed by atoms with van der Waals surface area (Å²) in [7, 11) is 1.64. The summed E-state index contributed by atoms with van der Waals surface area (Å²) < 4.78 is 5.35. The third kappa shape index (κ3) is 3.55. The first-order valence-electron chi connectivity index (χ1n) is 8.30. The van der Waals surface area contributed by atoms with Crippen molar-refractivity contribution in [3.05, 3.63) is 24.0 Å². The second-order valence-corrected chi connectivity index (χ2v) is 6.40. The number of rotatable bonds is 5. The molecule has 0 bridgehead atoms. The van der Waals surface area contributed by atoms with Gasteiger partial charge in [-0.05, 0) is 37.3 Å². The van der Waals surface area contributed by atoms with Gasteiger partial charge in [-0.2, -0.15) is 0 Å². The molecule has 1 aliphatic heterocycles. The van der Waals surface area contributed by atoms with E-state index in [-0.39, 0.29) is 12.3 Å². The molecule has 0 radical (unpaired) electrons. The number of aromatic nitrogens is 2. The molecule has 0 atom stereocenters. The second-order valence-electron chi connectivity index (χ2n) is 6.40. The van der Waals surface area contributed by atoms with Crippen molar-refractivity contribution in [1.82, 2.24) is 9.97 Å². The minimum absolute atomic E-state index is 0.115. The molecule has 0 spiro atoms. The smallest absolute Gasteiger partial charge is 0.372 e. The molecule has 2 aromatic rings. The van der Waals surface area contributed by atoms with Crippen molar-refractivity contribution >= 4 is 28.5 Å². The van der Waals surface area contributed by atoms with Gasteiger partial charge in [-0.25, -0.2) is 14.8 Å². The van der Waals surface area contributed by atoms with Crippen molar-refractivity contribution in [2.24, 2.45) is 5.92 Å². The van der Waals surface area contributed by atoms with Crippen molar-refractivity contribution < 1.29 is 19.4 Å². The topological polar surface area (TPSA) is 92.6 Å². The highest BCUT2D eigenvalue weighted by atomic mass is 16.5. The fraction of sp³-hybridized carbons (Fsp3) is 0.444. The minimum Gasteiger partial charge on any atom is -0.496 e. The fourth-order valence-electron chi connectivity index (χ4n) is 3.35. The predicted octanol–water partition coefficient (Wildman–Crippen LogP) is 2.21. The van der Waals surface area contributed by atoms with Gasteiger partial charge in [0.2, 0.25) is 5.78 Å². The molecular weight excluding hydrogens is 322 g/mol. The Bertz CT molecular complexity index is 813. The zero-order valence-electron chi connectivity index (χ0n) is 14.4. The third-order valence-corrected chi connectivity index (χ3v) is 4.76. The van der Waals surface area contributed by atoms with Gasteiger partial charge in [-0.15, -0.1) is 0 Å². The molecule has 1 fully saturated rings. The van der Waals surface area contributed by atoms with Crippen LogP contribution in [0.2, 0.25) is 0 Å². The maximum Gasteiger partial charge on any atom is 0.372 e. The van der Waals surface area contributed by atoms with Gasteiger partial charge in [0.05, 0.1) is 12.6 Å². The van der Waals surface area contributed by atoms with Gasteiger partial charge in [-0.3, -0.25) is 4.79 Å². The van der Waals surface area contributed by atoms with Crippen LogP contribution in [0.1, 0.15) is 24.8 Å². The van der Waals surface area contributed by atoms with Crippen LogP contribution in [0.4, 0.5) is 5.82 Å². The summed E-state index contributed by atoms with van der Waals surface area (Å²) in [5.41, 5.74) is 1.85. The molecule has 7 heteroatoms. The van der Waals surface area contributed by atoms with Crippen LogP contribution in [0.15, 0.2) is 18.5 Å². The maximum absolute atomic E-state index is 11.4. The lowest BCUT2D eigenvalue weighted by molar-refractivity contribution is -0.149. The third-order valence-electron chi connectivity index (χ3n) is 4.76. The SMILES string of the molecule is COc1cc2ncnc(N3CCC(CC(=O)C(=O)O)CC3)c2cc1C. The number of nitrogens with zero attached hydrogens (tertiary/aromatic N) is 3. The Morgan fingerprint density at radius 1 is 1.28 bits per heavy atom. The van der Waals surface area contributed by atoms with Crippen molar-refractivity contribution in [3.63, 3.8) is 0 Å². The van der Waals surface area contributed by atoms with Crippen LogP contribution in [0.25, 0.3) is 10.9 Å². The average Bonchev–Trinajstić information content (AvgIpc) is 2.61. The lowest BCUT2D eigenvalue weighted by atomic mass is 9.91. The molecule has 1 aliphatic rings. The number of Topliss-reactive ketones (excluding diaryl/α,β-unsaturated/α-hetero) is 1. The van der Waals surface area contributed by atoms with E-state index in [2.05, 4.69) is 14.9 Å². The summed E-state index contributed by atoms with van der Waals surface area (Å²) in [5, 5.41) is 9.72. The summed E-state index contributed by atoms with van der Waals surface area (Å²) in [6.07, 6.45) is 3.22. The number of methoxy groups -OCH3 is 1. The first-order chi connectivity index (χ1) is 12.0. The summed E-state index contributed by atoms with van der Waals surface area (Å²) in [6.45, 7) is 3.47. The predicted molar refractivity (Wildman–Crippen MR) is 93.0 cm³/mol. The van der Waals surface area contributed by atoms with Crippen LogP contribution < -0.4 is 9.64 Å². The fourth-order valence-corrected chi connectivity index (χ4v) is 3.35.